The second kappa shape index (κ2) is 11.7. The van der Waals surface area contributed by atoms with Crippen LogP contribution in [0.15, 0.2) is 48.5 Å². The van der Waals surface area contributed by atoms with Crippen molar-refractivity contribution in [3.63, 3.8) is 0 Å². The highest BCUT2D eigenvalue weighted by atomic mass is 32.2. The summed E-state index contributed by atoms with van der Waals surface area (Å²) in [5.74, 6) is 0.611. The SMILES string of the molecule is Cc1cc(C)c(B2SB3[C@@H](Cc4cc(C)cc(C)c42)N(c2c(C)cc(C)cc2C)CCN3c2c(C)cc(C)cc2C)c(C)c1. The topological polar surface area (TPSA) is 6.48 Å². The van der Waals surface area contributed by atoms with Crippen molar-refractivity contribution in [2.75, 3.05) is 22.8 Å². The zero-order valence-corrected chi connectivity index (χ0v) is 29.6. The lowest BCUT2D eigenvalue weighted by atomic mass is 9.55. The molecule has 5 heteroatoms. The van der Waals surface area contributed by atoms with Gasteiger partial charge >= 0.3 is 6.13 Å². The molecule has 226 valence electrons. The van der Waals surface area contributed by atoms with Gasteiger partial charge in [0, 0.05) is 30.4 Å². The van der Waals surface area contributed by atoms with Crippen LogP contribution in [0.4, 0.5) is 11.4 Å². The number of nitrogens with zero attached hydrogens (tertiary/aromatic N) is 2. The Balaban J connectivity index is 1.61. The minimum absolute atomic E-state index is 0.273. The molecule has 0 bridgehead atoms. The third-order valence-electron chi connectivity index (χ3n) is 10.0. The second-order valence-corrected chi connectivity index (χ2v) is 15.3. The van der Waals surface area contributed by atoms with Gasteiger partial charge in [-0.1, -0.05) is 104 Å². The van der Waals surface area contributed by atoms with Crippen molar-refractivity contribution in [2.24, 2.45) is 0 Å². The summed E-state index contributed by atoms with van der Waals surface area (Å²) in [6.45, 7) is 27.3. The lowest BCUT2D eigenvalue weighted by Gasteiger charge is -2.49. The Morgan fingerprint density at radius 2 is 0.955 bits per heavy atom. The molecular weight excluding hydrogens is 550 g/mol. The fourth-order valence-electron chi connectivity index (χ4n) is 8.87. The Labute approximate surface area is 271 Å². The van der Waals surface area contributed by atoms with Crippen molar-refractivity contribution in [2.45, 2.75) is 88.5 Å². The first-order valence-electron chi connectivity index (χ1n) is 16.4. The van der Waals surface area contributed by atoms with Crippen molar-refractivity contribution < 1.29 is 0 Å². The Hall–Kier alpha value is -3.04. The van der Waals surface area contributed by atoms with E-state index in [-0.39, 0.29) is 5.99 Å². The highest BCUT2D eigenvalue weighted by molar-refractivity contribution is 8.47. The van der Waals surface area contributed by atoms with Crippen LogP contribution in [-0.4, -0.2) is 31.1 Å². The average Bonchev–Trinajstić information content (AvgIpc) is 3.05. The first-order chi connectivity index (χ1) is 20.8. The Morgan fingerprint density at radius 3 is 1.48 bits per heavy atom. The van der Waals surface area contributed by atoms with E-state index < -0.39 is 0 Å². The summed E-state index contributed by atoms with van der Waals surface area (Å²) in [4.78, 5) is 5.60. The number of hydrogen-bond donors (Lipinski definition) is 0. The van der Waals surface area contributed by atoms with Crippen molar-refractivity contribution in [1.82, 2.24) is 0 Å². The molecule has 0 aromatic heterocycles. The summed E-state index contributed by atoms with van der Waals surface area (Å²) in [5.41, 5.74) is 22.7. The number of fused-ring (bicyclic) bond motifs is 2. The van der Waals surface area contributed by atoms with Gasteiger partial charge in [-0.15, -0.1) is 0 Å². The van der Waals surface area contributed by atoms with E-state index in [1.165, 1.54) is 83.6 Å². The fourth-order valence-corrected chi connectivity index (χ4v) is 10.9. The van der Waals surface area contributed by atoms with E-state index in [0.717, 1.165) is 19.5 Å². The minimum atomic E-state index is 0.273. The molecule has 1 fully saturated rings. The molecular formula is C39H48B2N2S. The largest absolute Gasteiger partial charge is 0.402 e. The van der Waals surface area contributed by atoms with E-state index in [1.807, 2.05) is 0 Å². The van der Waals surface area contributed by atoms with Crippen LogP contribution in [-0.2, 0) is 6.42 Å². The summed E-state index contributed by atoms with van der Waals surface area (Å²) in [6.07, 6.45) is 1.34. The molecule has 0 unspecified atom stereocenters. The van der Waals surface area contributed by atoms with E-state index in [4.69, 9.17) is 0 Å². The summed E-state index contributed by atoms with van der Waals surface area (Å²) < 4.78 is 0. The fraction of sp³-hybridized carbons (Fsp3) is 0.385. The van der Waals surface area contributed by atoms with Gasteiger partial charge in [-0.2, -0.15) is 0 Å². The van der Waals surface area contributed by atoms with Crippen molar-refractivity contribution in [3.8, 4) is 0 Å². The maximum absolute atomic E-state index is 2.80. The quantitative estimate of drug-likeness (QED) is 0.222. The van der Waals surface area contributed by atoms with Crippen LogP contribution in [0.1, 0.15) is 66.8 Å². The molecule has 0 saturated carbocycles. The zero-order valence-electron chi connectivity index (χ0n) is 28.8. The summed E-state index contributed by atoms with van der Waals surface area (Å²) in [5, 5.41) is 0. The number of hydrogen-bond acceptors (Lipinski definition) is 3. The number of rotatable bonds is 3. The van der Waals surface area contributed by atoms with Gasteiger partial charge in [0.05, 0.1) is 0 Å². The third kappa shape index (κ3) is 5.40. The van der Waals surface area contributed by atoms with E-state index >= 15 is 0 Å². The molecule has 4 aromatic carbocycles. The van der Waals surface area contributed by atoms with Crippen LogP contribution in [0.5, 0.6) is 0 Å². The Bertz CT molecular complexity index is 1710. The molecule has 6 rings (SSSR count). The van der Waals surface area contributed by atoms with Gasteiger partial charge < -0.3 is 9.71 Å². The molecule has 2 aliphatic heterocycles. The number of anilines is 2. The van der Waals surface area contributed by atoms with Crippen molar-refractivity contribution in [3.05, 3.63) is 115 Å². The molecule has 1 atom stereocenters. The zero-order chi connectivity index (χ0) is 31.6. The van der Waals surface area contributed by atoms with Crippen LogP contribution in [0, 0.1) is 76.2 Å². The smallest absolute Gasteiger partial charge is 0.337 e. The van der Waals surface area contributed by atoms with Gasteiger partial charge in [-0.25, -0.2) is 11.5 Å². The van der Waals surface area contributed by atoms with Gasteiger partial charge in [0.25, 0.3) is 5.99 Å². The van der Waals surface area contributed by atoms with E-state index in [0.29, 0.717) is 12.1 Å². The molecule has 44 heavy (non-hydrogen) atoms. The second-order valence-electron chi connectivity index (χ2n) is 14.0. The summed E-state index contributed by atoms with van der Waals surface area (Å²) in [7, 11) is 0. The van der Waals surface area contributed by atoms with E-state index in [2.05, 4.69) is 146 Å². The normalized spacial score (nSPS) is 16.7. The summed E-state index contributed by atoms with van der Waals surface area (Å²) in [6, 6.07) is 19.2. The first kappa shape index (κ1) is 31.0. The van der Waals surface area contributed by atoms with E-state index in [9.17, 15) is 0 Å². The molecule has 0 spiro atoms. The average molecular weight is 599 g/mol. The van der Waals surface area contributed by atoms with Crippen LogP contribution < -0.4 is 20.6 Å². The molecule has 0 aliphatic carbocycles. The lowest BCUT2D eigenvalue weighted by molar-refractivity contribution is 0.678. The van der Waals surface area contributed by atoms with Gasteiger partial charge in [0.1, 0.15) is 0 Å². The highest BCUT2D eigenvalue weighted by Crippen LogP contribution is 2.41. The highest BCUT2D eigenvalue weighted by Gasteiger charge is 2.48. The Kier molecular flexibility index (Phi) is 8.24. The predicted molar refractivity (Wildman–Crippen MR) is 198 cm³/mol. The molecule has 0 N–H and O–H groups in total. The predicted octanol–water partition coefficient (Wildman–Crippen LogP) is 7.90. The molecule has 1 saturated heterocycles. The third-order valence-corrected chi connectivity index (χ3v) is 11.6. The minimum Gasteiger partial charge on any atom is -0.402 e. The van der Waals surface area contributed by atoms with Crippen LogP contribution >= 0.6 is 11.5 Å². The van der Waals surface area contributed by atoms with Crippen LogP contribution in [0.2, 0.25) is 0 Å². The molecule has 2 nitrogen and oxygen atoms in total. The van der Waals surface area contributed by atoms with Crippen LogP contribution in [0.3, 0.4) is 0 Å². The maximum Gasteiger partial charge on any atom is 0.337 e. The lowest BCUT2D eigenvalue weighted by Crippen LogP contribution is -2.64. The standard InChI is InChI=1S/C39H48B2N2S/c1-23-14-27(5)36(28(6)15-23)40-37-29(7)16-26(4)21-34(37)22-35-41(44-40)43(39-32(10)19-25(3)20-33(39)11)13-12-42(35)38-30(8)17-24(2)18-31(38)9/h14-21,35H,12-13,22H2,1-11H3/t35-/m1/s1. The number of aryl methyl sites for hydroxylation is 11. The molecule has 0 radical (unpaired) electrons. The monoisotopic (exact) mass is 598 g/mol. The van der Waals surface area contributed by atoms with E-state index in [1.54, 1.807) is 5.46 Å². The van der Waals surface area contributed by atoms with Gasteiger partial charge in [0.2, 0.25) is 0 Å². The van der Waals surface area contributed by atoms with Gasteiger partial charge in [-0.3, -0.25) is 0 Å². The van der Waals surface area contributed by atoms with Crippen LogP contribution in [0.25, 0.3) is 0 Å². The summed E-state index contributed by atoms with van der Waals surface area (Å²) >= 11 is 2.21. The number of benzene rings is 4. The first-order valence-corrected chi connectivity index (χ1v) is 17.3. The molecule has 4 aromatic rings. The maximum atomic E-state index is 2.80. The Morgan fingerprint density at radius 1 is 0.523 bits per heavy atom. The molecule has 0 amide bonds. The van der Waals surface area contributed by atoms with Gasteiger partial charge in [-0.05, 0) is 105 Å². The molecule has 2 aliphatic rings. The van der Waals surface area contributed by atoms with Crippen molar-refractivity contribution in [1.29, 1.82) is 0 Å². The molecule has 2 heterocycles. The van der Waals surface area contributed by atoms with Gasteiger partial charge in [0.15, 0.2) is 0 Å². The van der Waals surface area contributed by atoms with Crippen molar-refractivity contribution >= 4 is 45.9 Å².